The molecule has 2 atom stereocenters. The van der Waals surface area contributed by atoms with E-state index in [1.807, 2.05) is 0 Å². The zero-order valence-corrected chi connectivity index (χ0v) is 12.1. The van der Waals surface area contributed by atoms with E-state index < -0.39 is 0 Å². The molecule has 4 heteroatoms. The summed E-state index contributed by atoms with van der Waals surface area (Å²) in [5, 5.41) is 9.96. The second kappa shape index (κ2) is 5.98. The maximum atomic E-state index is 12.2. The molecule has 0 radical (unpaired) electrons. The first-order valence-corrected chi connectivity index (χ1v) is 7.82. The molecule has 2 amide bonds. The van der Waals surface area contributed by atoms with E-state index in [4.69, 9.17) is 0 Å². The van der Waals surface area contributed by atoms with Gasteiger partial charge in [-0.3, -0.25) is 14.5 Å². The van der Waals surface area contributed by atoms with Crippen LogP contribution < -0.4 is 0 Å². The van der Waals surface area contributed by atoms with Crippen LogP contribution in [0.4, 0.5) is 0 Å². The van der Waals surface area contributed by atoms with Crippen LogP contribution in [0.1, 0.15) is 59.2 Å². The molecule has 1 aliphatic carbocycles. The highest BCUT2D eigenvalue weighted by Gasteiger charge is 2.34. The van der Waals surface area contributed by atoms with Crippen molar-refractivity contribution in [2.45, 2.75) is 44.6 Å². The van der Waals surface area contributed by atoms with E-state index in [0.29, 0.717) is 23.6 Å². The third-order valence-electron chi connectivity index (χ3n) is 4.70. The number of rotatable bonds is 4. The normalized spacial score (nSPS) is 25.3. The quantitative estimate of drug-likeness (QED) is 0.866. The lowest BCUT2D eigenvalue weighted by atomic mass is 9.83. The molecule has 1 aromatic rings. The highest BCUT2D eigenvalue weighted by molar-refractivity contribution is 6.21. The van der Waals surface area contributed by atoms with E-state index in [1.54, 1.807) is 24.3 Å². The summed E-state index contributed by atoms with van der Waals surface area (Å²) in [6, 6.07) is 6.98. The zero-order chi connectivity index (χ0) is 14.8. The van der Waals surface area contributed by atoms with E-state index in [2.05, 4.69) is 0 Å². The van der Waals surface area contributed by atoms with E-state index in [0.717, 1.165) is 32.1 Å². The Kier molecular flexibility index (Phi) is 4.06. The first kappa shape index (κ1) is 14.3. The summed E-state index contributed by atoms with van der Waals surface area (Å²) in [5.74, 6) is -0.0338. The van der Waals surface area contributed by atoms with Crippen molar-refractivity contribution in [3.05, 3.63) is 35.4 Å². The molecular weight excluding hydrogens is 266 g/mol. The van der Waals surface area contributed by atoms with Crippen molar-refractivity contribution in [2.24, 2.45) is 5.92 Å². The van der Waals surface area contributed by atoms with Crippen LogP contribution >= 0.6 is 0 Å². The molecule has 1 aromatic carbocycles. The van der Waals surface area contributed by atoms with Crippen LogP contribution in [-0.2, 0) is 0 Å². The molecule has 1 heterocycles. The van der Waals surface area contributed by atoms with Gasteiger partial charge >= 0.3 is 0 Å². The van der Waals surface area contributed by atoms with Crippen molar-refractivity contribution in [3.8, 4) is 0 Å². The molecule has 1 aliphatic heterocycles. The third-order valence-corrected chi connectivity index (χ3v) is 4.70. The molecule has 112 valence electrons. The maximum absolute atomic E-state index is 12.2. The van der Waals surface area contributed by atoms with Crippen molar-refractivity contribution in [2.75, 3.05) is 6.54 Å². The van der Waals surface area contributed by atoms with Crippen molar-refractivity contribution in [1.29, 1.82) is 0 Å². The minimum absolute atomic E-state index is 0.181. The number of amides is 2. The summed E-state index contributed by atoms with van der Waals surface area (Å²) in [5.41, 5.74) is 1.03. The maximum Gasteiger partial charge on any atom is 0.261 e. The summed E-state index contributed by atoms with van der Waals surface area (Å²) in [6.07, 6.45) is 5.68. The Morgan fingerprint density at radius 2 is 1.67 bits per heavy atom. The molecule has 3 rings (SSSR count). The lowest BCUT2D eigenvalue weighted by Crippen LogP contribution is -2.32. The highest BCUT2D eigenvalue weighted by Crippen LogP contribution is 2.29. The zero-order valence-electron chi connectivity index (χ0n) is 12.1. The van der Waals surface area contributed by atoms with Gasteiger partial charge in [-0.2, -0.15) is 0 Å². The average Bonchev–Trinajstić information content (AvgIpc) is 2.74. The number of benzene rings is 1. The largest absolute Gasteiger partial charge is 0.393 e. The molecule has 2 aliphatic rings. The van der Waals surface area contributed by atoms with E-state index in [9.17, 15) is 14.7 Å². The van der Waals surface area contributed by atoms with Gasteiger partial charge in [0.25, 0.3) is 11.8 Å². The summed E-state index contributed by atoms with van der Waals surface area (Å²) in [4.78, 5) is 25.8. The minimum Gasteiger partial charge on any atom is -0.393 e. The van der Waals surface area contributed by atoms with Gasteiger partial charge in [-0.25, -0.2) is 0 Å². The Labute approximate surface area is 124 Å². The molecule has 21 heavy (non-hydrogen) atoms. The molecular formula is C17H21NO3. The second-order valence-electron chi connectivity index (χ2n) is 6.06. The number of carbonyl (C=O) groups excluding carboxylic acids is 2. The van der Waals surface area contributed by atoms with E-state index in [1.165, 1.54) is 11.3 Å². The number of hydrogen-bond donors (Lipinski definition) is 1. The predicted molar refractivity (Wildman–Crippen MR) is 79.0 cm³/mol. The van der Waals surface area contributed by atoms with Crippen LogP contribution in [0.25, 0.3) is 0 Å². The number of aliphatic hydroxyl groups excluding tert-OH is 1. The molecule has 0 saturated heterocycles. The monoisotopic (exact) mass is 287 g/mol. The number of aliphatic hydroxyl groups is 1. The van der Waals surface area contributed by atoms with Crippen molar-refractivity contribution in [1.82, 2.24) is 4.90 Å². The second-order valence-corrected chi connectivity index (χ2v) is 6.06. The Balaban J connectivity index is 1.57. The van der Waals surface area contributed by atoms with E-state index >= 15 is 0 Å². The molecule has 0 aromatic heterocycles. The van der Waals surface area contributed by atoms with Gasteiger partial charge in [0, 0.05) is 6.54 Å². The van der Waals surface area contributed by atoms with Crippen molar-refractivity contribution < 1.29 is 14.7 Å². The van der Waals surface area contributed by atoms with Crippen LogP contribution in [0.15, 0.2) is 24.3 Å². The fourth-order valence-corrected chi connectivity index (χ4v) is 3.48. The lowest BCUT2D eigenvalue weighted by molar-refractivity contribution is 0.0575. The first-order chi connectivity index (χ1) is 10.2. The van der Waals surface area contributed by atoms with Crippen molar-refractivity contribution >= 4 is 11.8 Å². The predicted octanol–water partition coefficient (Wildman–Crippen LogP) is 2.61. The molecule has 4 nitrogen and oxygen atoms in total. The van der Waals surface area contributed by atoms with E-state index in [-0.39, 0.29) is 17.9 Å². The Bertz CT molecular complexity index is 520. The SMILES string of the molecule is O=C1c2ccccc2C(=O)N1CCCC1CCCCC1O. The van der Waals surface area contributed by atoms with Crippen LogP contribution in [0, 0.1) is 5.92 Å². The van der Waals surface area contributed by atoms with Gasteiger partial charge in [0.15, 0.2) is 0 Å². The van der Waals surface area contributed by atoms with Gasteiger partial charge in [0.2, 0.25) is 0 Å². The lowest BCUT2D eigenvalue weighted by Gasteiger charge is -2.28. The van der Waals surface area contributed by atoms with Gasteiger partial charge in [-0.05, 0) is 43.7 Å². The van der Waals surface area contributed by atoms with Crippen molar-refractivity contribution in [3.63, 3.8) is 0 Å². The number of nitrogens with zero attached hydrogens (tertiary/aromatic N) is 1. The Morgan fingerprint density at radius 1 is 1.05 bits per heavy atom. The summed E-state index contributed by atoms with van der Waals surface area (Å²) in [7, 11) is 0. The van der Waals surface area contributed by atoms with Gasteiger partial charge in [0.05, 0.1) is 17.2 Å². The Morgan fingerprint density at radius 3 is 2.29 bits per heavy atom. The fourth-order valence-electron chi connectivity index (χ4n) is 3.48. The highest BCUT2D eigenvalue weighted by atomic mass is 16.3. The average molecular weight is 287 g/mol. The fraction of sp³-hybridized carbons (Fsp3) is 0.529. The third kappa shape index (κ3) is 2.72. The van der Waals surface area contributed by atoms with Gasteiger partial charge in [0.1, 0.15) is 0 Å². The number of carbonyl (C=O) groups is 2. The molecule has 1 saturated carbocycles. The standard InChI is InChI=1S/C17H21NO3/c19-15-10-4-1-6-12(15)7-5-11-18-16(20)13-8-2-3-9-14(13)17(18)21/h2-3,8-9,12,15,19H,1,4-7,10-11H2. The topological polar surface area (TPSA) is 57.6 Å². The number of hydrogen-bond acceptors (Lipinski definition) is 3. The molecule has 1 fully saturated rings. The van der Waals surface area contributed by atoms with Crippen LogP contribution in [0.5, 0.6) is 0 Å². The first-order valence-electron chi connectivity index (χ1n) is 7.82. The van der Waals surface area contributed by atoms with Gasteiger partial charge < -0.3 is 5.11 Å². The molecule has 0 spiro atoms. The molecule has 0 bridgehead atoms. The van der Waals surface area contributed by atoms with Gasteiger partial charge in [-0.15, -0.1) is 0 Å². The number of imide groups is 1. The molecule has 1 N–H and O–H groups in total. The Hall–Kier alpha value is -1.68. The smallest absolute Gasteiger partial charge is 0.261 e. The summed E-state index contributed by atoms with van der Waals surface area (Å²) >= 11 is 0. The summed E-state index contributed by atoms with van der Waals surface area (Å²) in [6.45, 7) is 0.454. The summed E-state index contributed by atoms with van der Waals surface area (Å²) < 4.78 is 0. The van der Waals surface area contributed by atoms with Crippen LogP contribution in [-0.4, -0.2) is 34.5 Å². The van der Waals surface area contributed by atoms with Crippen LogP contribution in [0.3, 0.4) is 0 Å². The van der Waals surface area contributed by atoms with Gasteiger partial charge in [-0.1, -0.05) is 25.0 Å². The molecule has 2 unspecified atom stereocenters. The van der Waals surface area contributed by atoms with Crippen LogP contribution in [0.2, 0.25) is 0 Å². The number of fused-ring (bicyclic) bond motifs is 1. The minimum atomic E-state index is -0.207.